The molecular formula is C22H23N5O2S2. The van der Waals surface area contributed by atoms with Gasteiger partial charge in [0.05, 0.1) is 5.56 Å². The van der Waals surface area contributed by atoms with Gasteiger partial charge in [0.15, 0.2) is 5.16 Å². The Morgan fingerprint density at radius 2 is 1.74 bits per heavy atom. The van der Waals surface area contributed by atoms with Gasteiger partial charge >= 0.3 is 0 Å². The van der Waals surface area contributed by atoms with Crippen LogP contribution >= 0.6 is 11.8 Å². The maximum atomic E-state index is 12.9. The molecule has 3 aromatic rings. The van der Waals surface area contributed by atoms with E-state index in [9.17, 15) is 13.7 Å². The quantitative estimate of drug-likeness (QED) is 0.358. The number of benzene rings is 2. The van der Waals surface area contributed by atoms with E-state index in [1.165, 1.54) is 23.9 Å². The van der Waals surface area contributed by atoms with E-state index in [4.69, 9.17) is 0 Å². The van der Waals surface area contributed by atoms with Crippen molar-refractivity contribution in [2.24, 2.45) is 0 Å². The summed E-state index contributed by atoms with van der Waals surface area (Å²) in [4.78, 5) is 8.82. The number of anilines is 2. The van der Waals surface area contributed by atoms with E-state index in [1.807, 2.05) is 50.2 Å². The highest BCUT2D eigenvalue weighted by molar-refractivity contribution is 7.98. The number of rotatable bonds is 9. The predicted molar refractivity (Wildman–Crippen MR) is 123 cm³/mol. The minimum atomic E-state index is -3.99. The van der Waals surface area contributed by atoms with E-state index in [1.54, 1.807) is 18.2 Å². The largest absolute Gasteiger partial charge is 0.367 e. The lowest BCUT2D eigenvalue weighted by Crippen LogP contribution is -2.18. The van der Waals surface area contributed by atoms with Gasteiger partial charge in [-0.1, -0.05) is 61.2 Å². The Labute approximate surface area is 187 Å². The third-order valence-electron chi connectivity index (χ3n) is 4.46. The second-order valence-electron chi connectivity index (χ2n) is 6.86. The molecule has 7 nitrogen and oxygen atoms in total. The highest BCUT2D eigenvalue weighted by Crippen LogP contribution is 2.25. The van der Waals surface area contributed by atoms with Crippen LogP contribution in [0, 0.1) is 11.3 Å². The van der Waals surface area contributed by atoms with Crippen LogP contribution in [0.5, 0.6) is 0 Å². The Kier molecular flexibility index (Phi) is 7.50. The van der Waals surface area contributed by atoms with Crippen molar-refractivity contribution in [1.82, 2.24) is 9.97 Å². The third-order valence-corrected chi connectivity index (χ3v) is 6.79. The van der Waals surface area contributed by atoms with Crippen molar-refractivity contribution in [1.29, 1.82) is 5.26 Å². The van der Waals surface area contributed by atoms with Crippen LogP contribution in [0.15, 0.2) is 70.7 Å². The van der Waals surface area contributed by atoms with Gasteiger partial charge in [0.25, 0.3) is 10.0 Å². The lowest BCUT2D eigenvalue weighted by molar-refractivity contribution is 0.600. The number of thioether (sulfide) groups is 1. The first-order valence-electron chi connectivity index (χ1n) is 9.75. The topological polar surface area (TPSA) is 108 Å². The van der Waals surface area contributed by atoms with Gasteiger partial charge in [0.1, 0.15) is 22.6 Å². The van der Waals surface area contributed by atoms with Gasteiger partial charge in [-0.05, 0) is 31.0 Å². The molecule has 0 bridgehead atoms. The van der Waals surface area contributed by atoms with Gasteiger partial charge in [0, 0.05) is 17.9 Å². The lowest BCUT2D eigenvalue weighted by Gasteiger charge is -2.15. The first-order valence-corrected chi connectivity index (χ1v) is 12.2. The molecule has 160 valence electrons. The monoisotopic (exact) mass is 453 g/mol. The zero-order valence-corrected chi connectivity index (χ0v) is 18.9. The molecule has 0 saturated heterocycles. The van der Waals surface area contributed by atoms with Crippen LogP contribution in [0.3, 0.4) is 0 Å². The third kappa shape index (κ3) is 6.20. The van der Waals surface area contributed by atoms with Crippen molar-refractivity contribution in [3.05, 3.63) is 71.8 Å². The van der Waals surface area contributed by atoms with E-state index in [0.717, 1.165) is 12.0 Å². The van der Waals surface area contributed by atoms with Crippen LogP contribution in [0.4, 0.5) is 11.6 Å². The summed E-state index contributed by atoms with van der Waals surface area (Å²) in [6, 6.07) is 19.6. The van der Waals surface area contributed by atoms with Crippen LogP contribution < -0.4 is 10.0 Å². The standard InChI is InChI=1S/C22H23N5O2S2/c1-3-16(2)24-20-13-21(26-22(25-20)30-15-17-9-5-4-6-10-17)27-31(28,29)19-12-8-7-11-18(19)14-23/h4-13,16H,3,15H2,1-2H3,(H2,24,25,26,27)/t16-/m1/s1. The second kappa shape index (κ2) is 10.3. The maximum absolute atomic E-state index is 12.9. The molecule has 1 atom stereocenters. The molecule has 31 heavy (non-hydrogen) atoms. The van der Waals surface area contributed by atoms with E-state index in [-0.39, 0.29) is 22.3 Å². The number of nitriles is 1. The van der Waals surface area contributed by atoms with Gasteiger partial charge < -0.3 is 5.32 Å². The summed E-state index contributed by atoms with van der Waals surface area (Å²) in [7, 11) is -3.99. The molecule has 0 aliphatic rings. The summed E-state index contributed by atoms with van der Waals surface area (Å²) in [6.07, 6.45) is 0.882. The molecule has 0 amide bonds. The second-order valence-corrected chi connectivity index (χ2v) is 9.46. The molecule has 0 radical (unpaired) electrons. The number of hydrogen-bond acceptors (Lipinski definition) is 7. The first-order chi connectivity index (χ1) is 14.9. The summed E-state index contributed by atoms with van der Waals surface area (Å²) >= 11 is 1.42. The predicted octanol–water partition coefficient (Wildman–Crippen LogP) is 4.65. The number of hydrogen-bond donors (Lipinski definition) is 2. The van der Waals surface area contributed by atoms with Gasteiger partial charge in [0.2, 0.25) is 0 Å². The molecule has 0 spiro atoms. The summed E-state index contributed by atoms with van der Waals surface area (Å²) in [5.74, 6) is 1.33. The molecule has 3 rings (SSSR count). The molecule has 0 fully saturated rings. The molecule has 0 unspecified atom stereocenters. The van der Waals surface area contributed by atoms with Crippen molar-refractivity contribution in [3.8, 4) is 6.07 Å². The van der Waals surface area contributed by atoms with E-state index < -0.39 is 10.0 Å². The highest BCUT2D eigenvalue weighted by atomic mass is 32.2. The van der Waals surface area contributed by atoms with Crippen LogP contribution in [0.1, 0.15) is 31.4 Å². The van der Waals surface area contributed by atoms with Crippen LogP contribution in [0.25, 0.3) is 0 Å². The maximum Gasteiger partial charge on any atom is 0.264 e. The van der Waals surface area contributed by atoms with Crippen molar-refractivity contribution < 1.29 is 8.42 Å². The fourth-order valence-electron chi connectivity index (χ4n) is 2.68. The van der Waals surface area contributed by atoms with Gasteiger partial charge in [-0.2, -0.15) is 5.26 Å². The summed E-state index contributed by atoms with van der Waals surface area (Å²) < 4.78 is 28.3. The zero-order valence-electron chi connectivity index (χ0n) is 17.2. The van der Waals surface area contributed by atoms with Gasteiger partial charge in [-0.3, -0.25) is 4.72 Å². The Hall–Kier alpha value is -3.09. The van der Waals surface area contributed by atoms with Crippen LogP contribution in [-0.4, -0.2) is 24.4 Å². The average Bonchev–Trinajstić information content (AvgIpc) is 2.77. The molecule has 0 saturated carbocycles. The molecule has 0 aliphatic heterocycles. The first kappa shape index (κ1) is 22.6. The Bertz CT molecular complexity index is 1180. The molecular weight excluding hydrogens is 430 g/mol. The smallest absolute Gasteiger partial charge is 0.264 e. The van der Waals surface area contributed by atoms with Crippen molar-refractivity contribution in [3.63, 3.8) is 0 Å². The molecule has 1 heterocycles. The van der Waals surface area contributed by atoms with Crippen molar-refractivity contribution in [2.45, 2.75) is 42.1 Å². The minimum absolute atomic E-state index is 0.0701. The number of nitrogens with zero attached hydrogens (tertiary/aromatic N) is 3. The van der Waals surface area contributed by atoms with E-state index >= 15 is 0 Å². The molecule has 2 aromatic carbocycles. The zero-order chi connectivity index (χ0) is 22.3. The Balaban J connectivity index is 1.90. The summed E-state index contributed by atoms with van der Waals surface area (Å²) in [6.45, 7) is 4.07. The highest BCUT2D eigenvalue weighted by Gasteiger charge is 2.20. The Morgan fingerprint density at radius 3 is 2.45 bits per heavy atom. The SMILES string of the molecule is CC[C@@H](C)Nc1cc(NS(=O)(=O)c2ccccc2C#N)nc(SCc2ccccc2)n1. The number of sulfonamides is 1. The molecule has 9 heteroatoms. The Morgan fingerprint density at radius 1 is 1.06 bits per heavy atom. The molecule has 0 aliphatic carbocycles. The minimum Gasteiger partial charge on any atom is -0.367 e. The number of aromatic nitrogens is 2. The molecule has 2 N–H and O–H groups in total. The normalized spacial score (nSPS) is 12.0. The molecule has 1 aromatic heterocycles. The van der Waals surface area contributed by atoms with E-state index in [0.29, 0.717) is 16.7 Å². The fraction of sp³-hybridized carbons (Fsp3) is 0.227. The van der Waals surface area contributed by atoms with Crippen LogP contribution in [0.2, 0.25) is 0 Å². The summed E-state index contributed by atoms with van der Waals surface area (Å²) in [5.41, 5.74) is 1.18. The van der Waals surface area contributed by atoms with E-state index in [2.05, 4.69) is 20.0 Å². The van der Waals surface area contributed by atoms with Gasteiger partial charge in [-0.25, -0.2) is 18.4 Å². The lowest BCUT2D eigenvalue weighted by atomic mass is 10.2. The van der Waals surface area contributed by atoms with Crippen molar-refractivity contribution >= 4 is 33.4 Å². The van der Waals surface area contributed by atoms with Crippen LogP contribution in [-0.2, 0) is 15.8 Å². The number of nitrogens with one attached hydrogen (secondary N) is 2. The van der Waals surface area contributed by atoms with Gasteiger partial charge in [-0.15, -0.1) is 0 Å². The van der Waals surface area contributed by atoms with Crippen molar-refractivity contribution in [2.75, 3.05) is 10.0 Å². The summed E-state index contributed by atoms with van der Waals surface area (Å²) in [5, 5.41) is 13.0. The fourth-order valence-corrected chi connectivity index (χ4v) is 4.64. The average molecular weight is 454 g/mol.